The van der Waals surface area contributed by atoms with E-state index in [1.807, 2.05) is 0 Å². The molecule has 1 aromatic rings. The molecule has 1 fully saturated rings. The maximum Gasteiger partial charge on any atom is 0.127 e. The van der Waals surface area contributed by atoms with Crippen molar-refractivity contribution >= 4 is 0 Å². The Morgan fingerprint density at radius 3 is 3.10 bits per heavy atom. The van der Waals surface area contributed by atoms with Crippen LogP contribution in [0.15, 0.2) is 24.3 Å². The van der Waals surface area contributed by atoms with Crippen LogP contribution in [0.1, 0.15) is 49.7 Å². The van der Waals surface area contributed by atoms with E-state index in [-0.39, 0.29) is 0 Å². The number of rotatable bonds is 1. The maximum atomic E-state index is 5.40. The van der Waals surface area contributed by atoms with Crippen molar-refractivity contribution in [3.63, 3.8) is 0 Å². The summed E-state index contributed by atoms with van der Waals surface area (Å²) in [6, 6.07) is 7.69. The lowest BCUT2D eigenvalue weighted by molar-refractivity contribution is 0.0825. The Labute approximate surface area is 122 Å². The molecule has 4 rings (SSSR count). The molecule has 0 bridgehead atoms. The first-order chi connectivity index (χ1) is 9.71. The van der Waals surface area contributed by atoms with E-state index in [1.54, 1.807) is 12.7 Å². The zero-order valence-electron chi connectivity index (χ0n) is 12.5. The van der Waals surface area contributed by atoms with Gasteiger partial charge in [0.15, 0.2) is 0 Å². The summed E-state index contributed by atoms with van der Waals surface area (Å²) in [4.78, 5) is 0. The van der Waals surface area contributed by atoms with Crippen LogP contribution < -0.4 is 4.74 Å². The van der Waals surface area contributed by atoms with Crippen molar-refractivity contribution in [2.75, 3.05) is 7.11 Å². The number of fused-ring (bicyclic) bond motifs is 5. The summed E-state index contributed by atoms with van der Waals surface area (Å²) in [5.41, 5.74) is 3.55. The zero-order chi connectivity index (χ0) is 13.7. The van der Waals surface area contributed by atoms with Crippen molar-refractivity contribution in [1.29, 1.82) is 0 Å². The van der Waals surface area contributed by atoms with E-state index in [4.69, 9.17) is 4.74 Å². The number of methoxy groups -OCH3 is 1. The minimum absolute atomic E-state index is 0.476. The summed E-state index contributed by atoms with van der Waals surface area (Å²) in [6.45, 7) is 2.48. The first-order valence-electron chi connectivity index (χ1n) is 7.97. The Bertz CT molecular complexity index is 559. The summed E-state index contributed by atoms with van der Waals surface area (Å²) >= 11 is 0. The summed E-state index contributed by atoms with van der Waals surface area (Å²) in [5.74, 6) is 3.38. The van der Waals surface area contributed by atoms with Crippen LogP contribution in [0, 0.1) is 23.3 Å². The van der Waals surface area contributed by atoms with Gasteiger partial charge in [0.05, 0.1) is 7.11 Å². The molecule has 1 saturated carbocycles. The van der Waals surface area contributed by atoms with E-state index in [0.29, 0.717) is 5.41 Å². The molecule has 1 radical (unpaired) electrons. The zero-order valence-corrected chi connectivity index (χ0v) is 12.5. The molecule has 1 heteroatoms. The Hall–Kier alpha value is -1.24. The fourth-order valence-corrected chi connectivity index (χ4v) is 5.08. The lowest BCUT2D eigenvalue weighted by Gasteiger charge is -2.49. The van der Waals surface area contributed by atoms with E-state index >= 15 is 0 Å². The van der Waals surface area contributed by atoms with Gasteiger partial charge in [-0.15, -0.1) is 0 Å². The van der Waals surface area contributed by atoms with Gasteiger partial charge in [0.1, 0.15) is 5.75 Å². The topological polar surface area (TPSA) is 9.23 Å². The minimum Gasteiger partial charge on any atom is -0.496 e. The normalized spacial score (nSPS) is 38.0. The number of aryl methyl sites for hydroxylation is 1. The van der Waals surface area contributed by atoms with E-state index in [0.717, 1.165) is 23.5 Å². The number of hydrogen-bond acceptors (Lipinski definition) is 1. The maximum absolute atomic E-state index is 5.40. The Morgan fingerprint density at radius 1 is 1.35 bits per heavy atom. The monoisotopic (exact) mass is 267 g/mol. The first kappa shape index (κ1) is 12.5. The number of ether oxygens (including phenoxy) is 1. The highest BCUT2D eigenvalue weighted by Gasteiger charge is 2.48. The third kappa shape index (κ3) is 1.68. The van der Waals surface area contributed by atoms with Crippen LogP contribution in [-0.4, -0.2) is 7.11 Å². The molecule has 0 N–H and O–H groups in total. The van der Waals surface area contributed by atoms with Crippen molar-refractivity contribution in [3.05, 3.63) is 41.5 Å². The molecule has 105 valence electrons. The van der Waals surface area contributed by atoms with Crippen LogP contribution in [-0.2, 0) is 6.42 Å². The molecule has 0 heterocycles. The van der Waals surface area contributed by atoms with Gasteiger partial charge in [-0.3, -0.25) is 0 Å². The van der Waals surface area contributed by atoms with Crippen LogP contribution in [0.2, 0.25) is 0 Å². The molecule has 3 aliphatic rings. The largest absolute Gasteiger partial charge is 0.496 e. The fourth-order valence-electron chi connectivity index (χ4n) is 5.08. The smallest absolute Gasteiger partial charge is 0.127 e. The van der Waals surface area contributed by atoms with Crippen LogP contribution in [0.3, 0.4) is 0 Å². The molecule has 4 atom stereocenters. The van der Waals surface area contributed by atoms with Gasteiger partial charge in [0, 0.05) is 6.07 Å². The van der Waals surface area contributed by atoms with Gasteiger partial charge >= 0.3 is 0 Å². The number of allylic oxidation sites excluding steroid dienone is 2. The van der Waals surface area contributed by atoms with Gasteiger partial charge in [-0.25, -0.2) is 0 Å². The second-order valence-corrected chi connectivity index (χ2v) is 7.08. The molecule has 0 saturated heterocycles. The second-order valence-electron chi connectivity index (χ2n) is 7.08. The van der Waals surface area contributed by atoms with Crippen LogP contribution in [0.5, 0.6) is 5.75 Å². The van der Waals surface area contributed by atoms with Crippen molar-refractivity contribution in [1.82, 2.24) is 0 Å². The van der Waals surface area contributed by atoms with E-state index in [1.165, 1.54) is 37.7 Å². The summed E-state index contributed by atoms with van der Waals surface area (Å²) in [5, 5.41) is 0. The predicted octanol–water partition coefficient (Wildman–Crippen LogP) is 4.52. The van der Waals surface area contributed by atoms with Crippen molar-refractivity contribution < 1.29 is 4.74 Å². The molecule has 1 nitrogen and oxygen atoms in total. The van der Waals surface area contributed by atoms with Gasteiger partial charge in [0.25, 0.3) is 0 Å². The summed E-state index contributed by atoms with van der Waals surface area (Å²) in [6.07, 6.45) is 11.5. The SMILES string of the molecule is COc1[c]cc2c(c1)[C@H]1CC[C@]3(C)C=CC[C@H]3[C@@H]1CC2. The van der Waals surface area contributed by atoms with Gasteiger partial charge in [0.2, 0.25) is 0 Å². The lowest BCUT2D eigenvalue weighted by atomic mass is 9.56. The van der Waals surface area contributed by atoms with Crippen molar-refractivity contribution in [2.45, 2.75) is 44.9 Å². The highest BCUT2D eigenvalue weighted by atomic mass is 16.5. The number of hydrogen-bond donors (Lipinski definition) is 0. The van der Waals surface area contributed by atoms with E-state index < -0.39 is 0 Å². The highest BCUT2D eigenvalue weighted by molar-refractivity contribution is 5.40. The van der Waals surface area contributed by atoms with Crippen LogP contribution in [0.4, 0.5) is 0 Å². The molecule has 0 aliphatic heterocycles. The standard InChI is InChI=1S/C19H23O/c1-19-10-3-4-18(19)16-8-6-13-5-7-14(20-2)12-17(13)15(16)9-11-19/h3,5,10,12,15-16,18H,4,6,8-9,11H2,1-2H3/t15-,16+,18-,19-/m0/s1. The highest BCUT2D eigenvalue weighted by Crippen LogP contribution is 2.58. The molecule has 3 aliphatic carbocycles. The molecule has 1 aromatic carbocycles. The first-order valence-corrected chi connectivity index (χ1v) is 7.97. The second kappa shape index (κ2) is 4.38. The van der Waals surface area contributed by atoms with Crippen LogP contribution in [0.25, 0.3) is 0 Å². The average molecular weight is 267 g/mol. The average Bonchev–Trinajstić information content (AvgIpc) is 2.88. The molecule has 0 aromatic heterocycles. The molecule has 0 amide bonds. The van der Waals surface area contributed by atoms with Crippen LogP contribution >= 0.6 is 0 Å². The Morgan fingerprint density at radius 2 is 2.25 bits per heavy atom. The Kier molecular flexibility index (Phi) is 2.73. The quantitative estimate of drug-likeness (QED) is 0.680. The number of benzene rings is 1. The van der Waals surface area contributed by atoms with Crippen molar-refractivity contribution in [3.8, 4) is 5.75 Å². The van der Waals surface area contributed by atoms with E-state index in [9.17, 15) is 0 Å². The van der Waals surface area contributed by atoms with Gasteiger partial charge in [-0.2, -0.15) is 0 Å². The minimum atomic E-state index is 0.476. The van der Waals surface area contributed by atoms with Crippen molar-refractivity contribution in [2.24, 2.45) is 17.3 Å². The molecule has 20 heavy (non-hydrogen) atoms. The molecule has 0 spiro atoms. The lowest BCUT2D eigenvalue weighted by Crippen LogP contribution is -2.39. The van der Waals surface area contributed by atoms with Gasteiger partial charge < -0.3 is 4.74 Å². The predicted molar refractivity (Wildman–Crippen MR) is 81.0 cm³/mol. The van der Waals surface area contributed by atoms with E-state index in [2.05, 4.69) is 37.3 Å². The fraction of sp³-hybridized carbons (Fsp3) is 0.579. The molecular formula is C19H23O. The van der Waals surface area contributed by atoms with Gasteiger partial charge in [-0.05, 0) is 78.5 Å². The molecular weight excluding hydrogens is 244 g/mol. The summed E-state index contributed by atoms with van der Waals surface area (Å²) < 4.78 is 5.40. The third-order valence-electron chi connectivity index (χ3n) is 6.18. The summed E-state index contributed by atoms with van der Waals surface area (Å²) in [7, 11) is 1.75. The van der Waals surface area contributed by atoms with Gasteiger partial charge in [-0.1, -0.05) is 19.1 Å². The third-order valence-corrected chi connectivity index (χ3v) is 6.18. The molecule has 0 unspecified atom stereocenters. The Balaban J connectivity index is 1.72.